The van der Waals surface area contributed by atoms with E-state index in [0.29, 0.717) is 19.5 Å². The highest BCUT2D eigenvalue weighted by Crippen LogP contribution is 2.10. The quantitative estimate of drug-likeness (QED) is 0.703. The average Bonchev–Trinajstić information content (AvgIpc) is 2.61. The van der Waals surface area contributed by atoms with Gasteiger partial charge < -0.3 is 10.2 Å². The molecule has 134 valence electrons. The van der Waals surface area contributed by atoms with Gasteiger partial charge in [-0.2, -0.15) is 0 Å². The summed E-state index contributed by atoms with van der Waals surface area (Å²) < 4.78 is 12.9. The SMILES string of the molecule is CC(C)N(Cc1ccccc1)C(=O)CCNCCc1ccc(F)cc1. The van der Waals surface area contributed by atoms with Crippen LogP contribution in [0.4, 0.5) is 4.39 Å². The van der Waals surface area contributed by atoms with Crippen molar-refractivity contribution >= 4 is 5.91 Å². The molecule has 0 saturated carbocycles. The van der Waals surface area contributed by atoms with Crippen LogP contribution in [0.3, 0.4) is 0 Å². The van der Waals surface area contributed by atoms with Crippen molar-refractivity contribution in [3.63, 3.8) is 0 Å². The van der Waals surface area contributed by atoms with Crippen LogP contribution < -0.4 is 5.32 Å². The van der Waals surface area contributed by atoms with Gasteiger partial charge in [-0.15, -0.1) is 0 Å². The predicted molar refractivity (Wildman–Crippen MR) is 99.7 cm³/mol. The van der Waals surface area contributed by atoms with Gasteiger partial charge in [0.1, 0.15) is 5.82 Å². The number of hydrogen-bond donors (Lipinski definition) is 1. The van der Waals surface area contributed by atoms with Gasteiger partial charge in [0.05, 0.1) is 0 Å². The van der Waals surface area contributed by atoms with E-state index in [1.807, 2.05) is 49.1 Å². The minimum absolute atomic E-state index is 0.160. The van der Waals surface area contributed by atoms with Gasteiger partial charge in [-0.1, -0.05) is 42.5 Å². The Balaban J connectivity index is 1.72. The van der Waals surface area contributed by atoms with Gasteiger partial charge >= 0.3 is 0 Å². The molecule has 0 radical (unpaired) electrons. The summed E-state index contributed by atoms with van der Waals surface area (Å²) in [5.74, 6) is -0.0531. The number of amides is 1. The molecule has 0 aliphatic heterocycles. The van der Waals surface area contributed by atoms with Crippen LogP contribution in [0.5, 0.6) is 0 Å². The average molecular weight is 342 g/mol. The van der Waals surface area contributed by atoms with E-state index in [0.717, 1.165) is 24.1 Å². The number of halogens is 1. The zero-order valence-electron chi connectivity index (χ0n) is 15.0. The van der Waals surface area contributed by atoms with E-state index in [4.69, 9.17) is 0 Å². The largest absolute Gasteiger partial charge is 0.336 e. The summed E-state index contributed by atoms with van der Waals surface area (Å²) in [7, 11) is 0. The van der Waals surface area contributed by atoms with Gasteiger partial charge in [-0.25, -0.2) is 4.39 Å². The maximum absolute atomic E-state index is 12.9. The van der Waals surface area contributed by atoms with Crippen molar-refractivity contribution in [1.82, 2.24) is 10.2 Å². The number of carbonyl (C=O) groups excluding carboxylic acids is 1. The van der Waals surface area contributed by atoms with Gasteiger partial charge in [0, 0.05) is 25.6 Å². The molecule has 0 atom stereocenters. The number of rotatable bonds is 9. The van der Waals surface area contributed by atoms with Crippen LogP contribution in [0.1, 0.15) is 31.4 Å². The zero-order chi connectivity index (χ0) is 18.1. The molecular weight excluding hydrogens is 315 g/mol. The van der Waals surface area contributed by atoms with Crippen LogP contribution >= 0.6 is 0 Å². The van der Waals surface area contributed by atoms with Crippen LogP contribution in [-0.4, -0.2) is 29.9 Å². The Bertz CT molecular complexity index is 641. The number of nitrogens with zero attached hydrogens (tertiary/aromatic N) is 1. The molecule has 0 saturated heterocycles. The number of hydrogen-bond acceptors (Lipinski definition) is 2. The highest BCUT2D eigenvalue weighted by molar-refractivity contribution is 5.76. The number of benzene rings is 2. The maximum Gasteiger partial charge on any atom is 0.224 e. The molecule has 0 aliphatic carbocycles. The summed E-state index contributed by atoms with van der Waals surface area (Å²) >= 11 is 0. The van der Waals surface area contributed by atoms with Crippen LogP contribution in [0.25, 0.3) is 0 Å². The predicted octanol–water partition coefficient (Wildman–Crippen LogP) is 3.79. The number of carbonyl (C=O) groups is 1. The Labute approximate surface area is 149 Å². The molecule has 0 aliphatic rings. The third-order valence-electron chi connectivity index (χ3n) is 4.16. The Hall–Kier alpha value is -2.20. The molecule has 2 aromatic rings. The lowest BCUT2D eigenvalue weighted by molar-refractivity contribution is -0.133. The van der Waals surface area contributed by atoms with E-state index in [1.165, 1.54) is 12.1 Å². The van der Waals surface area contributed by atoms with Gasteiger partial charge in [-0.05, 0) is 50.1 Å². The summed E-state index contributed by atoms with van der Waals surface area (Å²) in [5, 5.41) is 3.30. The first kappa shape index (κ1) is 19.1. The molecule has 25 heavy (non-hydrogen) atoms. The highest BCUT2D eigenvalue weighted by Gasteiger charge is 2.16. The minimum atomic E-state index is -0.213. The first-order chi connectivity index (χ1) is 12.1. The van der Waals surface area contributed by atoms with Crippen molar-refractivity contribution in [2.24, 2.45) is 0 Å². The van der Waals surface area contributed by atoms with Crippen molar-refractivity contribution in [3.05, 3.63) is 71.5 Å². The molecule has 2 rings (SSSR count). The maximum atomic E-state index is 12.9. The van der Waals surface area contributed by atoms with E-state index in [9.17, 15) is 9.18 Å². The fourth-order valence-corrected chi connectivity index (χ4v) is 2.69. The molecule has 0 bridgehead atoms. The second kappa shape index (κ2) is 9.94. The lowest BCUT2D eigenvalue weighted by Gasteiger charge is -2.27. The topological polar surface area (TPSA) is 32.3 Å². The van der Waals surface area contributed by atoms with E-state index in [-0.39, 0.29) is 17.8 Å². The summed E-state index contributed by atoms with van der Waals surface area (Å²) in [6.07, 6.45) is 1.31. The van der Waals surface area contributed by atoms with Crippen LogP contribution in [0.2, 0.25) is 0 Å². The summed E-state index contributed by atoms with van der Waals surface area (Å²) in [4.78, 5) is 14.4. The van der Waals surface area contributed by atoms with Crippen LogP contribution in [0, 0.1) is 5.82 Å². The van der Waals surface area contributed by atoms with E-state index < -0.39 is 0 Å². The molecule has 1 amide bonds. The molecule has 0 spiro atoms. The molecule has 0 unspecified atom stereocenters. The zero-order valence-corrected chi connectivity index (χ0v) is 15.0. The second-order valence-electron chi connectivity index (χ2n) is 6.48. The molecule has 2 aromatic carbocycles. The van der Waals surface area contributed by atoms with E-state index in [1.54, 1.807) is 12.1 Å². The lowest BCUT2D eigenvalue weighted by Crippen LogP contribution is -2.38. The third kappa shape index (κ3) is 6.67. The van der Waals surface area contributed by atoms with Crippen molar-refractivity contribution in [2.45, 2.75) is 39.3 Å². The Kier molecular flexibility index (Phi) is 7.61. The number of nitrogens with one attached hydrogen (secondary N) is 1. The van der Waals surface area contributed by atoms with Crippen molar-refractivity contribution in [3.8, 4) is 0 Å². The monoisotopic (exact) mass is 342 g/mol. The molecule has 4 heteroatoms. The van der Waals surface area contributed by atoms with Gasteiger partial charge in [0.2, 0.25) is 5.91 Å². The van der Waals surface area contributed by atoms with Gasteiger partial charge in [-0.3, -0.25) is 4.79 Å². The van der Waals surface area contributed by atoms with E-state index >= 15 is 0 Å². The first-order valence-electron chi connectivity index (χ1n) is 8.85. The smallest absolute Gasteiger partial charge is 0.224 e. The summed E-state index contributed by atoms with van der Waals surface area (Å²) in [6.45, 7) is 6.16. The third-order valence-corrected chi connectivity index (χ3v) is 4.16. The second-order valence-corrected chi connectivity index (χ2v) is 6.48. The Morgan fingerprint density at radius 1 is 1.00 bits per heavy atom. The molecule has 1 N–H and O–H groups in total. The standard InChI is InChI=1S/C21H27FN2O/c1-17(2)24(16-19-6-4-3-5-7-19)21(25)13-15-23-14-12-18-8-10-20(22)11-9-18/h3-11,17,23H,12-16H2,1-2H3. The van der Waals surface area contributed by atoms with Crippen molar-refractivity contribution < 1.29 is 9.18 Å². The fraction of sp³-hybridized carbons (Fsp3) is 0.381. The van der Waals surface area contributed by atoms with Gasteiger partial charge in [0.25, 0.3) is 0 Å². The normalized spacial score (nSPS) is 10.9. The van der Waals surface area contributed by atoms with E-state index in [2.05, 4.69) is 5.32 Å². The first-order valence-corrected chi connectivity index (χ1v) is 8.85. The molecule has 0 aromatic heterocycles. The minimum Gasteiger partial charge on any atom is -0.336 e. The molecule has 0 heterocycles. The molecule has 0 fully saturated rings. The summed E-state index contributed by atoms with van der Waals surface area (Å²) in [5.41, 5.74) is 2.24. The molecule has 3 nitrogen and oxygen atoms in total. The molecular formula is C21H27FN2O. The van der Waals surface area contributed by atoms with Crippen LogP contribution in [0.15, 0.2) is 54.6 Å². The van der Waals surface area contributed by atoms with Crippen molar-refractivity contribution in [1.29, 1.82) is 0 Å². The lowest BCUT2D eigenvalue weighted by atomic mass is 10.1. The fourth-order valence-electron chi connectivity index (χ4n) is 2.69. The van der Waals surface area contributed by atoms with Crippen LogP contribution in [-0.2, 0) is 17.8 Å². The Morgan fingerprint density at radius 2 is 1.68 bits per heavy atom. The summed E-state index contributed by atoms with van der Waals surface area (Å²) in [6, 6.07) is 16.8. The van der Waals surface area contributed by atoms with Gasteiger partial charge in [0.15, 0.2) is 0 Å². The highest BCUT2D eigenvalue weighted by atomic mass is 19.1. The van der Waals surface area contributed by atoms with Crippen molar-refractivity contribution in [2.75, 3.05) is 13.1 Å². The Morgan fingerprint density at radius 3 is 2.32 bits per heavy atom.